The van der Waals surface area contributed by atoms with Gasteiger partial charge in [0.05, 0.1) is 23.5 Å². The van der Waals surface area contributed by atoms with Crippen LogP contribution in [0.25, 0.3) is 17.1 Å². The number of ether oxygens (including phenoxy) is 1. The molecule has 1 saturated carbocycles. The summed E-state index contributed by atoms with van der Waals surface area (Å²) in [4.78, 5) is 52.7. The highest BCUT2D eigenvalue weighted by atomic mass is 79.9. The molecule has 5 aromatic rings. The van der Waals surface area contributed by atoms with Crippen LogP contribution >= 0.6 is 15.9 Å². The number of halogens is 1. The minimum absolute atomic E-state index is 0.0638. The Kier molecular flexibility index (Phi) is 8.68. The topological polar surface area (TPSA) is 132 Å². The van der Waals surface area contributed by atoms with Crippen molar-refractivity contribution in [2.45, 2.75) is 58.0 Å². The number of aromatic nitrogens is 4. The molecule has 1 aliphatic heterocycles. The van der Waals surface area contributed by atoms with Gasteiger partial charge in [0, 0.05) is 47.1 Å². The van der Waals surface area contributed by atoms with Crippen molar-refractivity contribution in [3.8, 4) is 22.8 Å². The van der Waals surface area contributed by atoms with E-state index in [9.17, 15) is 19.5 Å². The first-order valence-electron chi connectivity index (χ1n) is 16.1. The number of carbonyl (C=O) groups is 2. The second kappa shape index (κ2) is 13.1. The summed E-state index contributed by atoms with van der Waals surface area (Å²) >= 11 is 3.50. The molecule has 3 heterocycles. The monoisotopic (exact) mass is 722 g/mol. The summed E-state index contributed by atoms with van der Waals surface area (Å²) < 4.78 is 9.68. The maximum atomic E-state index is 14.3. The molecule has 11 nitrogen and oxygen atoms in total. The maximum absolute atomic E-state index is 14.3. The van der Waals surface area contributed by atoms with Crippen molar-refractivity contribution in [2.75, 3.05) is 6.61 Å². The van der Waals surface area contributed by atoms with E-state index >= 15 is 0 Å². The Morgan fingerprint density at radius 2 is 1.78 bits per heavy atom. The molecule has 250 valence electrons. The highest BCUT2D eigenvalue weighted by Gasteiger charge is 2.41. The zero-order chi connectivity index (χ0) is 34.3. The van der Waals surface area contributed by atoms with Gasteiger partial charge < -0.3 is 20.1 Å². The number of fused-ring (bicyclic) bond motifs is 1. The van der Waals surface area contributed by atoms with Gasteiger partial charge in [0.1, 0.15) is 18.1 Å². The summed E-state index contributed by atoms with van der Waals surface area (Å²) in [6, 6.07) is 21.3. The molecular formula is C37H35BrN6O5. The molecule has 0 radical (unpaired) electrons. The van der Waals surface area contributed by atoms with Crippen molar-refractivity contribution in [1.82, 2.24) is 29.3 Å². The number of amides is 2. The molecule has 12 heteroatoms. The standard InChI is InChI=1S/C37H35BrN6O5/c1-23-18-25(8-13-30(23)38)35(46)42-21-31-32(34(45)41-19-26-6-3-4-7-29(26)33-39-16-5-17-40-33)44(36(47)43(31)20-24(42)2)27-9-11-28(12-10-27)49-22-37(48)14-15-37/h3-13,16-18,24,48H,14-15,19-22H2,1-2H3,(H,41,45)/t24-/m1/s1. The van der Waals surface area contributed by atoms with Crippen LogP contribution in [0.15, 0.2) is 94.5 Å². The number of aliphatic hydroxyl groups is 1. The molecule has 1 aliphatic carbocycles. The minimum Gasteiger partial charge on any atom is -0.491 e. The second-order valence-corrected chi connectivity index (χ2v) is 13.5. The third-order valence-corrected chi connectivity index (χ3v) is 10.0. The van der Waals surface area contributed by atoms with Crippen LogP contribution in [0.2, 0.25) is 0 Å². The van der Waals surface area contributed by atoms with Gasteiger partial charge in [-0.2, -0.15) is 0 Å². The number of hydrogen-bond donors (Lipinski definition) is 2. The first-order valence-corrected chi connectivity index (χ1v) is 16.9. The molecule has 2 aliphatic rings. The smallest absolute Gasteiger partial charge is 0.333 e. The summed E-state index contributed by atoms with van der Waals surface area (Å²) in [5.41, 5.74) is 2.95. The Morgan fingerprint density at radius 3 is 2.49 bits per heavy atom. The lowest BCUT2D eigenvalue weighted by atomic mass is 10.1. The Bertz CT molecular complexity index is 2110. The third kappa shape index (κ3) is 6.53. The van der Waals surface area contributed by atoms with Gasteiger partial charge in [-0.05, 0) is 86.3 Å². The van der Waals surface area contributed by atoms with Crippen LogP contribution in [0.1, 0.15) is 57.4 Å². The van der Waals surface area contributed by atoms with Crippen LogP contribution in [-0.2, 0) is 19.6 Å². The fourth-order valence-corrected chi connectivity index (χ4v) is 6.34. The predicted octanol–water partition coefficient (Wildman–Crippen LogP) is 5.05. The lowest BCUT2D eigenvalue weighted by Crippen LogP contribution is -2.47. The number of nitrogens with one attached hydrogen (secondary N) is 1. The zero-order valence-corrected chi connectivity index (χ0v) is 28.7. The molecule has 3 aromatic carbocycles. The van der Waals surface area contributed by atoms with Gasteiger partial charge in [0.25, 0.3) is 11.8 Å². The molecule has 2 amide bonds. The van der Waals surface area contributed by atoms with Gasteiger partial charge in [0.15, 0.2) is 5.82 Å². The van der Waals surface area contributed by atoms with E-state index in [1.807, 2.05) is 50.2 Å². The number of carbonyl (C=O) groups excluding carboxylic acids is 2. The number of imidazole rings is 1. The second-order valence-electron chi connectivity index (χ2n) is 12.7. The van der Waals surface area contributed by atoms with Gasteiger partial charge in [0.2, 0.25) is 0 Å². The lowest BCUT2D eigenvalue weighted by Gasteiger charge is -2.34. The number of nitrogens with zero attached hydrogens (tertiary/aromatic N) is 5. The Morgan fingerprint density at radius 1 is 1.04 bits per heavy atom. The quantitative estimate of drug-likeness (QED) is 0.218. The number of rotatable bonds is 9. The fraction of sp³-hybridized carbons (Fsp3) is 0.270. The first-order chi connectivity index (χ1) is 23.6. The van der Waals surface area contributed by atoms with Crippen molar-refractivity contribution in [3.05, 3.63) is 128 Å². The van der Waals surface area contributed by atoms with Gasteiger partial charge in [-0.25, -0.2) is 14.8 Å². The Labute approximate surface area is 291 Å². The molecule has 1 fully saturated rings. The lowest BCUT2D eigenvalue weighted by molar-refractivity contribution is 0.0610. The van der Waals surface area contributed by atoms with Crippen LogP contribution in [-0.4, -0.2) is 59.2 Å². The van der Waals surface area contributed by atoms with Crippen LogP contribution in [0.4, 0.5) is 0 Å². The largest absolute Gasteiger partial charge is 0.491 e. The van der Waals surface area contributed by atoms with E-state index in [1.54, 1.807) is 58.3 Å². The zero-order valence-electron chi connectivity index (χ0n) is 27.1. The third-order valence-electron chi connectivity index (χ3n) is 9.12. The van der Waals surface area contributed by atoms with Gasteiger partial charge >= 0.3 is 5.69 Å². The number of aryl methyl sites for hydroxylation is 1. The number of benzene rings is 3. The van der Waals surface area contributed by atoms with Crippen LogP contribution in [0, 0.1) is 6.92 Å². The van der Waals surface area contributed by atoms with Crippen molar-refractivity contribution < 1.29 is 19.4 Å². The molecule has 0 bridgehead atoms. The van der Waals surface area contributed by atoms with E-state index in [1.165, 1.54) is 4.57 Å². The molecule has 49 heavy (non-hydrogen) atoms. The van der Waals surface area contributed by atoms with Gasteiger partial charge in [-0.3, -0.25) is 18.7 Å². The van der Waals surface area contributed by atoms with E-state index < -0.39 is 11.5 Å². The average molecular weight is 724 g/mol. The summed E-state index contributed by atoms with van der Waals surface area (Å²) in [7, 11) is 0. The van der Waals surface area contributed by atoms with Crippen LogP contribution < -0.4 is 15.7 Å². The van der Waals surface area contributed by atoms with Crippen molar-refractivity contribution >= 4 is 27.7 Å². The number of hydrogen-bond acceptors (Lipinski definition) is 7. The van der Waals surface area contributed by atoms with E-state index in [0.717, 1.165) is 21.2 Å². The molecule has 0 spiro atoms. The molecule has 1 atom stereocenters. The van der Waals surface area contributed by atoms with Crippen LogP contribution in [0.3, 0.4) is 0 Å². The molecule has 7 rings (SSSR count). The van der Waals surface area contributed by atoms with Gasteiger partial charge in [-0.1, -0.05) is 40.2 Å². The average Bonchev–Trinajstić information content (AvgIpc) is 3.80. The van der Waals surface area contributed by atoms with E-state index in [2.05, 4.69) is 31.2 Å². The van der Waals surface area contributed by atoms with E-state index in [-0.39, 0.29) is 49.6 Å². The Balaban J connectivity index is 1.24. The van der Waals surface area contributed by atoms with Crippen LogP contribution in [0.5, 0.6) is 5.75 Å². The highest BCUT2D eigenvalue weighted by Crippen LogP contribution is 2.35. The maximum Gasteiger partial charge on any atom is 0.333 e. The minimum atomic E-state index is -0.775. The normalized spacial score (nSPS) is 16.2. The van der Waals surface area contributed by atoms with Crippen molar-refractivity contribution in [3.63, 3.8) is 0 Å². The van der Waals surface area contributed by atoms with Crippen molar-refractivity contribution in [1.29, 1.82) is 0 Å². The highest BCUT2D eigenvalue weighted by molar-refractivity contribution is 9.10. The Hall–Kier alpha value is -5.07. The summed E-state index contributed by atoms with van der Waals surface area (Å²) in [6.45, 7) is 4.45. The molecular weight excluding hydrogens is 688 g/mol. The van der Waals surface area contributed by atoms with E-state index in [4.69, 9.17) is 4.74 Å². The van der Waals surface area contributed by atoms with Gasteiger partial charge in [-0.15, -0.1) is 0 Å². The predicted molar refractivity (Wildman–Crippen MR) is 187 cm³/mol. The summed E-state index contributed by atoms with van der Waals surface area (Å²) in [6.07, 6.45) is 4.74. The SMILES string of the molecule is Cc1cc(C(=O)N2Cc3c(C(=O)NCc4ccccc4-c4ncccn4)n(-c4ccc(OCC5(O)CC5)cc4)c(=O)n3C[C@H]2C)ccc1Br. The first kappa shape index (κ1) is 32.5. The molecule has 2 aromatic heterocycles. The van der Waals surface area contributed by atoms with E-state index in [0.29, 0.717) is 41.4 Å². The summed E-state index contributed by atoms with van der Waals surface area (Å²) in [5.74, 6) is 0.429. The summed E-state index contributed by atoms with van der Waals surface area (Å²) in [5, 5.41) is 13.2. The fourth-order valence-electron chi connectivity index (χ4n) is 6.09. The molecule has 0 unspecified atom stereocenters. The van der Waals surface area contributed by atoms with Crippen molar-refractivity contribution in [2.24, 2.45) is 0 Å². The molecule has 2 N–H and O–H groups in total. The molecule has 0 saturated heterocycles.